The summed E-state index contributed by atoms with van der Waals surface area (Å²) in [5, 5.41) is 6.46. The van der Waals surface area contributed by atoms with Crippen LogP contribution >= 0.6 is 12.4 Å². The SMILES string of the molecule is CNCC1CCN(CC(=O)NC2CCCCC2)CC1.Cl. The van der Waals surface area contributed by atoms with Crippen LogP contribution in [0.2, 0.25) is 0 Å². The minimum atomic E-state index is 0. The topological polar surface area (TPSA) is 44.4 Å². The molecule has 2 fully saturated rings. The van der Waals surface area contributed by atoms with Gasteiger partial charge in [0, 0.05) is 6.04 Å². The number of hydrogen-bond donors (Lipinski definition) is 2. The van der Waals surface area contributed by atoms with Crippen molar-refractivity contribution in [3.05, 3.63) is 0 Å². The van der Waals surface area contributed by atoms with Gasteiger partial charge in [-0.2, -0.15) is 0 Å². The predicted octanol–water partition coefficient (Wildman–Crippen LogP) is 1.79. The highest BCUT2D eigenvalue weighted by Gasteiger charge is 2.21. The summed E-state index contributed by atoms with van der Waals surface area (Å²) in [5.74, 6) is 1.03. The number of nitrogens with one attached hydrogen (secondary N) is 2. The van der Waals surface area contributed by atoms with Crippen molar-refractivity contribution < 1.29 is 4.79 Å². The van der Waals surface area contributed by atoms with E-state index in [-0.39, 0.29) is 18.3 Å². The summed E-state index contributed by atoms with van der Waals surface area (Å²) in [6, 6.07) is 0.447. The lowest BCUT2D eigenvalue weighted by Gasteiger charge is -2.32. The highest BCUT2D eigenvalue weighted by Crippen LogP contribution is 2.18. The molecule has 1 heterocycles. The van der Waals surface area contributed by atoms with Crippen molar-refractivity contribution in [1.29, 1.82) is 0 Å². The summed E-state index contributed by atoms with van der Waals surface area (Å²) in [4.78, 5) is 14.3. The van der Waals surface area contributed by atoms with Gasteiger partial charge in [-0.15, -0.1) is 12.4 Å². The summed E-state index contributed by atoms with van der Waals surface area (Å²) in [5.41, 5.74) is 0. The highest BCUT2D eigenvalue weighted by atomic mass is 35.5. The molecule has 5 heteroatoms. The molecule has 20 heavy (non-hydrogen) atoms. The molecule has 118 valence electrons. The van der Waals surface area contributed by atoms with Gasteiger partial charge in [0.1, 0.15) is 0 Å². The molecular weight excluding hydrogens is 274 g/mol. The Hall–Kier alpha value is -0.320. The van der Waals surface area contributed by atoms with Crippen molar-refractivity contribution in [3.63, 3.8) is 0 Å². The van der Waals surface area contributed by atoms with Gasteiger partial charge in [-0.3, -0.25) is 9.69 Å². The Morgan fingerprint density at radius 3 is 2.35 bits per heavy atom. The molecule has 0 aromatic rings. The monoisotopic (exact) mass is 303 g/mol. The van der Waals surface area contributed by atoms with Gasteiger partial charge < -0.3 is 10.6 Å². The Bertz CT molecular complexity index is 274. The minimum absolute atomic E-state index is 0. The zero-order valence-electron chi connectivity index (χ0n) is 12.7. The van der Waals surface area contributed by atoms with E-state index in [4.69, 9.17) is 0 Å². The fourth-order valence-electron chi connectivity index (χ4n) is 3.36. The number of carbonyl (C=O) groups excluding carboxylic acids is 1. The van der Waals surface area contributed by atoms with Crippen LogP contribution in [0, 0.1) is 5.92 Å². The number of rotatable bonds is 5. The number of piperidine rings is 1. The molecule has 4 nitrogen and oxygen atoms in total. The van der Waals surface area contributed by atoms with E-state index < -0.39 is 0 Å². The Labute approximate surface area is 129 Å². The van der Waals surface area contributed by atoms with Gasteiger partial charge in [-0.25, -0.2) is 0 Å². The third-order valence-corrected chi connectivity index (χ3v) is 4.54. The van der Waals surface area contributed by atoms with Gasteiger partial charge in [0.15, 0.2) is 0 Å². The fourth-order valence-corrected chi connectivity index (χ4v) is 3.36. The van der Waals surface area contributed by atoms with Crippen LogP contribution < -0.4 is 10.6 Å². The molecule has 1 saturated carbocycles. The van der Waals surface area contributed by atoms with E-state index in [0.29, 0.717) is 12.6 Å². The molecule has 0 unspecified atom stereocenters. The average Bonchev–Trinajstić information content (AvgIpc) is 2.42. The maximum Gasteiger partial charge on any atom is 0.234 e. The van der Waals surface area contributed by atoms with Crippen LogP contribution in [0.15, 0.2) is 0 Å². The van der Waals surface area contributed by atoms with Gasteiger partial charge in [0.05, 0.1) is 6.54 Å². The molecule has 2 N–H and O–H groups in total. The fraction of sp³-hybridized carbons (Fsp3) is 0.933. The van der Waals surface area contributed by atoms with Crippen LogP contribution in [-0.2, 0) is 4.79 Å². The van der Waals surface area contributed by atoms with Crippen LogP contribution in [0.5, 0.6) is 0 Å². The number of nitrogens with zero attached hydrogens (tertiary/aromatic N) is 1. The normalized spacial score (nSPS) is 22.2. The smallest absolute Gasteiger partial charge is 0.234 e. The van der Waals surface area contributed by atoms with Crippen LogP contribution in [0.4, 0.5) is 0 Å². The van der Waals surface area contributed by atoms with Crippen molar-refractivity contribution >= 4 is 18.3 Å². The van der Waals surface area contributed by atoms with E-state index in [9.17, 15) is 4.79 Å². The van der Waals surface area contributed by atoms with E-state index in [1.54, 1.807) is 0 Å². The summed E-state index contributed by atoms with van der Waals surface area (Å²) in [7, 11) is 2.02. The van der Waals surface area contributed by atoms with Crippen LogP contribution in [0.1, 0.15) is 44.9 Å². The number of carbonyl (C=O) groups is 1. The van der Waals surface area contributed by atoms with Crippen molar-refractivity contribution in [2.75, 3.05) is 33.2 Å². The maximum atomic E-state index is 12.0. The molecule has 1 aliphatic heterocycles. The van der Waals surface area contributed by atoms with E-state index in [1.165, 1.54) is 44.9 Å². The van der Waals surface area contributed by atoms with Crippen LogP contribution in [0.3, 0.4) is 0 Å². The molecule has 1 amide bonds. The van der Waals surface area contributed by atoms with Gasteiger partial charge in [0.25, 0.3) is 0 Å². The highest BCUT2D eigenvalue weighted by molar-refractivity contribution is 5.85. The minimum Gasteiger partial charge on any atom is -0.352 e. The Balaban J connectivity index is 0.00000200. The number of halogens is 1. The molecule has 0 atom stereocenters. The van der Waals surface area contributed by atoms with Crippen molar-refractivity contribution in [2.24, 2.45) is 5.92 Å². The summed E-state index contributed by atoms with van der Waals surface area (Å²) < 4.78 is 0. The zero-order chi connectivity index (χ0) is 13.5. The van der Waals surface area contributed by atoms with Crippen molar-refractivity contribution in [1.82, 2.24) is 15.5 Å². The first kappa shape index (κ1) is 17.7. The van der Waals surface area contributed by atoms with Crippen LogP contribution in [0.25, 0.3) is 0 Å². The number of likely N-dealkylation sites (tertiary alicyclic amines) is 1. The van der Waals surface area contributed by atoms with Crippen molar-refractivity contribution in [3.8, 4) is 0 Å². The van der Waals surface area contributed by atoms with Gasteiger partial charge in [-0.05, 0) is 58.3 Å². The first-order chi connectivity index (χ1) is 9.28. The van der Waals surface area contributed by atoms with E-state index >= 15 is 0 Å². The van der Waals surface area contributed by atoms with E-state index in [0.717, 1.165) is 25.6 Å². The molecule has 0 spiro atoms. The standard InChI is InChI=1S/C15H29N3O.ClH/c1-16-11-13-7-9-18(10-8-13)12-15(19)17-14-5-3-2-4-6-14;/h13-14,16H,2-12H2,1H3,(H,17,19);1H. The average molecular weight is 304 g/mol. The first-order valence-electron chi connectivity index (χ1n) is 7.94. The largest absolute Gasteiger partial charge is 0.352 e. The predicted molar refractivity (Wildman–Crippen MR) is 85.4 cm³/mol. The second-order valence-corrected chi connectivity index (χ2v) is 6.18. The molecule has 2 aliphatic rings. The van der Waals surface area contributed by atoms with E-state index in [2.05, 4.69) is 15.5 Å². The maximum absolute atomic E-state index is 12.0. The molecule has 0 bridgehead atoms. The lowest BCUT2D eigenvalue weighted by Crippen LogP contribution is -2.45. The summed E-state index contributed by atoms with van der Waals surface area (Å²) in [6.07, 6.45) is 8.69. The third-order valence-electron chi connectivity index (χ3n) is 4.54. The second kappa shape index (κ2) is 9.59. The quantitative estimate of drug-likeness (QED) is 0.814. The first-order valence-corrected chi connectivity index (χ1v) is 7.94. The molecular formula is C15H30ClN3O. The second-order valence-electron chi connectivity index (χ2n) is 6.18. The summed E-state index contributed by atoms with van der Waals surface area (Å²) >= 11 is 0. The third kappa shape index (κ3) is 5.98. The molecule has 0 aromatic carbocycles. The zero-order valence-corrected chi connectivity index (χ0v) is 13.5. The van der Waals surface area contributed by atoms with Crippen molar-refractivity contribution in [2.45, 2.75) is 51.0 Å². The van der Waals surface area contributed by atoms with E-state index in [1.807, 2.05) is 7.05 Å². The molecule has 0 aromatic heterocycles. The molecule has 1 aliphatic carbocycles. The lowest BCUT2D eigenvalue weighted by atomic mass is 9.95. The Kier molecular flexibility index (Phi) is 8.50. The van der Waals surface area contributed by atoms with Gasteiger partial charge in [-0.1, -0.05) is 19.3 Å². The van der Waals surface area contributed by atoms with Gasteiger partial charge >= 0.3 is 0 Å². The summed E-state index contributed by atoms with van der Waals surface area (Å²) in [6.45, 7) is 3.86. The van der Waals surface area contributed by atoms with Crippen LogP contribution in [-0.4, -0.2) is 50.1 Å². The molecule has 1 saturated heterocycles. The number of hydrogen-bond acceptors (Lipinski definition) is 3. The lowest BCUT2D eigenvalue weighted by molar-refractivity contribution is -0.123. The Morgan fingerprint density at radius 1 is 1.10 bits per heavy atom. The Morgan fingerprint density at radius 2 is 1.75 bits per heavy atom. The van der Waals surface area contributed by atoms with Gasteiger partial charge in [0.2, 0.25) is 5.91 Å². The number of amides is 1. The molecule has 0 radical (unpaired) electrons. The molecule has 2 rings (SSSR count).